The van der Waals surface area contributed by atoms with Crippen molar-refractivity contribution < 1.29 is 4.42 Å². The highest BCUT2D eigenvalue weighted by molar-refractivity contribution is 5.17. The molecule has 1 aliphatic carbocycles. The van der Waals surface area contributed by atoms with E-state index < -0.39 is 0 Å². The number of nitrogens with one attached hydrogen (secondary N) is 1. The van der Waals surface area contributed by atoms with Gasteiger partial charge in [0, 0.05) is 5.92 Å². The van der Waals surface area contributed by atoms with Gasteiger partial charge in [-0.15, -0.1) is 0 Å². The molecule has 0 spiro atoms. The van der Waals surface area contributed by atoms with Crippen LogP contribution in [0.1, 0.15) is 50.0 Å². The summed E-state index contributed by atoms with van der Waals surface area (Å²) >= 11 is 0. The van der Waals surface area contributed by atoms with Crippen LogP contribution in [0.4, 0.5) is 0 Å². The fourth-order valence-electron chi connectivity index (χ4n) is 3.05. The van der Waals surface area contributed by atoms with Crippen molar-refractivity contribution in [2.75, 3.05) is 26.2 Å². The highest BCUT2D eigenvalue weighted by Crippen LogP contribution is 2.47. The molecule has 19 heavy (non-hydrogen) atoms. The molecule has 0 bridgehead atoms. The number of rotatable bonds is 7. The molecule has 3 rings (SSSR count). The summed E-state index contributed by atoms with van der Waals surface area (Å²) in [5.74, 6) is 3.81. The maximum atomic E-state index is 5.89. The van der Waals surface area contributed by atoms with Crippen molar-refractivity contribution in [2.45, 2.75) is 45.1 Å². The minimum atomic E-state index is 0.698. The van der Waals surface area contributed by atoms with Gasteiger partial charge < -0.3 is 14.6 Å². The van der Waals surface area contributed by atoms with Crippen LogP contribution in [-0.4, -0.2) is 31.1 Å². The number of nitrogens with zero attached hydrogens (tertiary/aromatic N) is 1. The van der Waals surface area contributed by atoms with Crippen LogP contribution >= 0.6 is 0 Å². The fraction of sp³-hybridized carbons (Fsp3) is 0.750. The zero-order chi connectivity index (χ0) is 13.1. The van der Waals surface area contributed by atoms with Crippen LogP contribution in [0.15, 0.2) is 16.5 Å². The van der Waals surface area contributed by atoms with Crippen molar-refractivity contribution in [3.05, 3.63) is 23.7 Å². The Morgan fingerprint density at radius 3 is 2.84 bits per heavy atom. The van der Waals surface area contributed by atoms with Gasteiger partial charge in [-0.2, -0.15) is 0 Å². The first kappa shape index (κ1) is 13.2. The summed E-state index contributed by atoms with van der Waals surface area (Å²) in [7, 11) is 0. The molecule has 2 unspecified atom stereocenters. The summed E-state index contributed by atoms with van der Waals surface area (Å²) in [6.07, 6.45) is 5.33. The zero-order valence-electron chi connectivity index (χ0n) is 12.0. The molecular formula is C16H26N2O. The Labute approximate surface area is 116 Å². The van der Waals surface area contributed by atoms with E-state index in [1.54, 1.807) is 0 Å². The number of hydrogen-bond acceptors (Lipinski definition) is 3. The van der Waals surface area contributed by atoms with E-state index in [1.165, 1.54) is 51.1 Å². The molecule has 1 saturated heterocycles. The smallest absolute Gasteiger partial charge is 0.117 e. The number of hydrogen-bond donors (Lipinski definition) is 1. The van der Waals surface area contributed by atoms with Crippen LogP contribution < -0.4 is 5.32 Å². The van der Waals surface area contributed by atoms with Crippen LogP contribution in [0.5, 0.6) is 0 Å². The molecule has 3 heteroatoms. The van der Waals surface area contributed by atoms with Gasteiger partial charge in [-0.25, -0.2) is 0 Å². The zero-order valence-corrected chi connectivity index (χ0v) is 12.0. The Balaban J connectivity index is 1.30. The molecule has 3 nitrogen and oxygen atoms in total. The van der Waals surface area contributed by atoms with E-state index in [0.717, 1.165) is 24.8 Å². The van der Waals surface area contributed by atoms with Crippen molar-refractivity contribution in [2.24, 2.45) is 5.92 Å². The van der Waals surface area contributed by atoms with Gasteiger partial charge in [0.1, 0.15) is 11.5 Å². The number of likely N-dealkylation sites (tertiary alicyclic amines) is 1. The highest BCUT2D eigenvalue weighted by atomic mass is 16.3. The van der Waals surface area contributed by atoms with E-state index in [-0.39, 0.29) is 0 Å². The van der Waals surface area contributed by atoms with E-state index in [9.17, 15) is 0 Å². The average molecular weight is 262 g/mol. The first-order valence-electron chi connectivity index (χ1n) is 7.84. The van der Waals surface area contributed by atoms with Crippen molar-refractivity contribution in [3.8, 4) is 0 Å². The SMILES string of the molecule is CC1CC1c1ccc(CNCCCN2CCCC2)o1. The summed E-state index contributed by atoms with van der Waals surface area (Å²) in [5.41, 5.74) is 0. The molecule has 0 aromatic carbocycles. The third-order valence-corrected chi connectivity index (χ3v) is 4.48. The molecule has 106 valence electrons. The summed E-state index contributed by atoms with van der Waals surface area (Å²) in [5, 5.41) is 3.49. The Hall–Kier alpha value is -0.800. The largest absolute Gasteiger partial charge is 0.464 e. The van der Waals surface area contributed by atoms with Gasteiger partial charge in [0.25, 0.3) is 0 Å². The predicted molar refractivity (Wildman–Crippen MR) is 77.2 cm³/mol. The molecule has 1 aromatic rings. The lowest BCUT2D eigenvalue weighted by atomic mass is 10.3. The van der Waals surface area contributed by atoms with E-state index in [4.69, 9.17) is 4.42 Å². The van der Waals surface area contributed by atoms with Gasteiger partial charge in [0.05, 0.1) is 6.54 Å². The molecule has 2 aliphatic rings. The Morgan fingerprint density at radius 2 is 2.11 bits per heavy atom. The first-order valence-corrected chi connectivity index (χ1v) is 7.84. The quantitative estimate of drug-likeness (QED) is 0.766. The summed E-state index contributed by atoms with van der Waals surface area (Å²) < 4.78 is 5.89. The van der Waals surface area contributed by atoms with Crippen molar-refractivity contribution in [1.82, 2.24) is 10.2 Å². The van der Waals surface area contributed by atoms with Gasteiger partial charge in [-0.3, -0.25) is 0 Å². The van der Waals surface area contributed by atoms with Gasteiger partial charge in [-0.05, 0) is 69.9 Å². The second-order valence-corrected chi connectivity index (χ2v) is 6.20. The summed E-state index contributed by atoms with van der Waals surface area (Å²) in [6.45, 7) is 8.12. The lowest BCUT2D eigenvalue weighted by Gasteiger charge is -2.13. The van der Waals surface area contributed by atoms with Crippen LogP contribution in [0.25, 0.3) is 0 Å². The first-order chi connectivity index (χ1) is 9.33. The van der Waals surface area contributed by atoms with Gasteiger partial charge >= 0.3 is 0 Å². The topological polar surface area (TPSA) is 28.4 Å². The lowest BCUT2D eigenvalue weighted by Crippen LogP contribution is -2.24. The molecule has 2 heterocycles. The van der Waals surface area contributed by atoms with Crippen molar-refractivity contribution >= 4 is 0 Å². The van der Waals surface area contributed by atoms with Crippen LogP contribution in [-0.2, 0) is 6.54 Å². The highest BCUT2D eigenvalue weighted by Gasteiger charge is 2.36. The Bertz CT molecular complexity index is 395. The fourth-order valence-corrected chi connectivity index (χ4v) is 3.05. The predicted octanol–water partition coefficient (Wildman–Crippen LogP) is 2.98. The van der Waals surface area contributed by atoms with Crippen molar-refractivity contribution in [1.29, 1.82) is 0 Å². The molecule has 1 N–H and O–H groups in total. The second-order valence-electron chi connectivity index (χ2n) is 6.20. The molecule has 0 amide bonds. The lowest BCUT2D eigenvalue weighted by molar-refractivity contribution is 0.329. The second kappa shape index (κ2) is 6.10. The van der Waals surface area contributed by atoms with Crippen LogP contribution in [0, 0.1) is 5.92 Å². The van der Waals surface area contributed by atoms with E-state index in [0.29, 0.717) is 5.92 Å². The van der Waals surface area contributed by atoms with Crippen molar-refractivity contribution in [3.63, 3.8) is 0 Å². The maximum Gasteiger partial charge on any atom is 0.117 e. The molecule has 0 radical (unpaired) electrons. The molecule has 1 saturated carbocycles. The molecule has 1 aliphatic heterocycles. The maximum absolute atomic E-state index is 5.89. The number of furan rings is 1. The molecule has 2 fully saturated rings. The Kier molecular flexibility index (Phi) is 4.24. The minimum absolute atomic E-state index is 0.698. The normalized spacial score (nSPS) is 27.0. The van der Waals surface area contributed by atoms with Gasteiger partial charge in [0.2, 0.25) is 0 Å². The minimum Gasteiger partial charge on any atom is -0.464 e. The average Bonchev–Trinajstić information content (AvgIpc) is 2.88. The van der Waals surface area contributed by atoms with E-state index >= 15 is 0 Å². The van der Waals surface area contributed by atoms with E-state index in [1.807, 2.05) is 0 Å². The summed E-state index contributed by atoms with van der Waals surface area (Å²) in [4.78, 5) is 2.57. The van der Waals surface area contributed by atoms with E-state index in [2.05, 4.69) is 29.3 Å². The van der Waals surface area contributed by atoms with Crippen LogP contribution in [0.2, 0.25) is 0 Å². The Morgan fingerprint density at radius 1 is 1.32 bits per heavy atom. The van der Waals surface area contributed by atoms with Gasteiger partial charge in [-0.1, -0.05) is 6.92 Å². The summed E-state index contributed by atoms with van der Waals surface area (Å²) in [6, 6.07) is 4.29. The molecular weight excluding hydrogens is 236 g/mol. The molecule has 2 atom stereocenters. The molecule has 1 aromatic heterocycles. The third-order valence-electron chi connectivity index (χ3n) is 4.48. The monoisotopic (exact) mass is 262 g/mol. The van der Waals surface area contributed by atoms with Crippen LogP contribution in [0.3, 0.4) is 0 Å². The third kappa shape index (κ3) is 3.61. The van der Waals surface area contributed by atoms with Gasteiger partial charge in [0.15, 0.2) is 0 Å². The standard InChI is InChI=1S/C16H26N2O/c1-13-11-15(13)16-6-5-14(19-16)12-17-7-4-10-18-8-2-3-9-18/h5-6,13,15,17H,2-4,7-12H2,1H3.